The molecule has 0 saturated heterocycles. The van der Waals surface area contributed by atoms with Crippen LogP contribution < -0.4 is 5.32 Å². The highest BCUT2D eigenvalue weighted by Gasteiger charge is 2.01. The van der Waals surface area contributed by atoms with Crippen LogP contribution >= 0.6 is 0 Å². The second-order valence-corrected chi connectivity index (χ2v) is 3.80. The SMILES string of the molecule is CCCOCC(=O)CCCNC(C)C. The van der Waals surface area contributed by atoms with Crippen molar-refractivity contribution in [1.82, 2.24) is 5.32 Å². The average Bonchev–Trinajstić information content (AvgIpc) is 2.13. The second kappa shape index (κ2) is 9.16. The summed E-state index contributed by atoms with van der Waals surface area (Å²) < 4.78 is 5.15. The van der Waals surface area contributed by atoms with Gasteiger partial charge in [0, 0.05) is 19.1 Å². The monoisotopic (exact) mass is 201 g/mol. The first-order chi connectivity index (χ1) is 6.66. The van der Waals surface area contributed by atoms with Gasteiger partial charge in [0.2, 0.25) is 0 Å². The van der Waals surface area contributed by atoms with E-state index in [4.69, 9.17) is 4.74 Å². The summed E-state index contributed by atoms with van der Waals surface area (Å²) in [5, 5.41) is 3.28. The summed E-state index contributed by atoms with van der Waals surface area (Å²) in [5.41, 5.74) is 0. The van der Waals surface area contributed by atoms with Crippen molar-refractivity contribution in [2.24, 2.45) is 0 Å². The van der Waals surface area contributed by atoms with Crippen molar-refractivity contribution in [3.8, 4) is 0 Å². The molecular formula is C11H23NO2. The number of hydrogen-bond acceptors (Lipinski definition) is 3. The minimum absolute atomic E-state index is 0.212. The molecule has 3 heteroatoms. The van der Waals surface area contributed by atoms with Crippen LogP contribution in [0.25, 0.3) is 0 Å². The van der Waals surface area contributed by atoms with Crippen LogP contribution in [0.15, 0.2) is 0 Å². The van der Waals surface area contributed by atoms with Crippen LogP contribution in [0, 0.1) is 0 Å². The highest BCUT2D eigenvalue weighted by Crippen LogP contribution is 1.92. The molecule has 0 aromatic heterocycles. The van der Waals surface area contributed by atoms with Gasteiger partial charge in [0.15, 0.2) is 5.78 Å². The van der Waals surface area contributed by atoms with E-state index in [-0.39, 0.29) is 12.4 Å². The summed E-state index contributed by atoms with van der Waals surface area (Å²) in [7, 11) is 0. The molecule has 0 saturated carbocycles. The Morgan fingerprint density at radius 2 is 2.14 bits per heavy atom. The minimum Gasteiger partial charge on any atom is -0.374 e. The molecule has 0 aliphatic carbocycles. The third-order valence-electron chi connectivity index (χ3n) is 1.80. The van der Waals surface area contributed by atoms with Gasteiger partial charge in [0.1, 0.15) is 6.61 Å². The van der Waals surface area contributed by atoms with E-state index in [2.05, 4.69) is 19.2 Å². The van der Waals surface area contributed by atoms with Gasteiger partial charge in [0.05, 0.1) is 0 Å². The third kappa shape index (κ3) is 9.68. The van der Waals surface area contributed by atoms with Gasteiger partial charge in [-0.2, -0.15) is 0 Å². The molecule has 14 heavy (non-hydrogen) atoms. The highest BCUT2D eigenvalue weighted by atomic mass is 16.5. The summed E-state index contributed by atoms with van der Waals surface area (Å²) in [6.07, 6.45) is 2.51. The lowest BCUT2D eigenvalue weighted by molar-refractivity contribution is -0.123. The van der Waals surface area contributed by atoms with Crippen molar-refractivity contribution in [2.75, 3.05) is 19.8 Å². The minimum atomic E-state index is 0.212. The number of ketones is 1. The van der Waals surface area contributed by atoms with E-state index in [0.717, 1.165) is 19.4 Å². The molecule has 84 valence electrons. The Balaban J connectivity index is 3.18. The smallest absolute Gasteiger partial charge is 0.158 e. The summed E-state index contributed by atoms with van der Waals surface area (Å²) >= 11 is 0. The number of rotatable bonds is 9. The molecule has 0 aromatic rings. The van der Waals surface area contributed by atoms with Crippen molar-refractivity contribution in [3.63, 3.8) is 0 Å². The summed E-state index contributed by atoms with van der Waals surface area (Å²) in [6.45, 7) is 8.14. The maximum Gasteiger partial charge on any atom is 0.158 e. The molecule has 0 unspecified atom stereocenters. The van der Waals surface area contributed by atoms with E-state index in [9.17, 15) is 4.79 Å². The van der Waals surface area contributed by atoms with Crippen molar-refractivity contribution in [3.05, 3.63) is 0 Å². The molecule has 0 rings (SSSR count). The van der Waals surface area contributed by atoms with Crippen LogP contribution in [0.5, 0.6) is 0 Å². The molecular weight excluding hydrogens is 178 g/mol. The Morgan fingerprint density at radius 1 is 1.43 bits per heavy atom. The maximum atomic E-state index is 11.2. The van der Waals surface area contributed by atoms with Crippen LogP contribution in [0.4, 0.5) is 0 Å². The van der Waals surface area contributed by atoms with E-state index in [1.54, 1.807) is 0 Å². The molecule has 0 spiro atoms. The summed E-state index contributed by atoms with van der Waals surface area (Å²) in [6, 6.07) is 0.501. The van der Waals surface area contributed by atoms with Crippen LogP contribution in [0.1, 0.15) is 40.0 Å². The van der Waals surface area contributed by atoms with E-state index in [1.807, 2.05) is 6.92 Å². The van der Waals surface area contributed by atoms with E-state index >= 15 is 0 Å². The number of Topliss-reactive ketones (excluding diaryl/α,β-unsaturated/α-hetero) is 1. The fraction of sp³-hybridized carbons (Fsp3) is 0.909. The Hall–Kier alpha value is -0.410. The molecule has 0 bridgehead atoms. The van der Waals surface area contributed by atoms with Gasteiger partial charge in [-0.1, -0.05) is 20.8 Å². The molecule has 0 aliphatic rings. The van der Waals surface area contributed by atoms with Crippen molar-refractivity contribution < 1.29 is 9.53 Å². The predicted molar refractivity (Wildman–Crippen MR) is 58.5 cm³/mol. The zero-order valence-corrected chi connectivity index (χ0v) is 9.64. The largest absolute Gasteiger partial charge is 0.374 e. The average molecular weight is 201 g/mol. The summed E-state index contributed by atoms with van der Waals surface area (Å²) in [4.78, 5) is 11.2. The number of hydrogen-bond donors (Lipinski definition) is 1. The van der Waals surface area contributed by atoms with Crippen molar-refractivity contribution in [1.29, 1.82) is 0 Å². The van der Waals surface area contributed by atoms with Crippen molar-refractivity contribution >= 4 is 5.78 Å². The number of ether oxygens (including phenoxy) is 1. The molecule has 3 nitrogen and oxygen atoms in total. The lowest BCUT2D eigenvalue weighted by atomic mass is 10.2. The number of carbonyl (C=O) groups is 1. The molecule has 0 radical (unpaired) electrons. The van der Waals surface area contributed by atoms with Crippen LogP contribution in [-0.4, -0.2) is 31.6 Å². The van der Waals surface area contributed by atoms with Gasteiger partial charge in [-0.25, -0.2) is 0 Å². The van der Waals surface area contributed by atoms with Gasteiger partial charge in [0.25, 0.3) is 0 Å². The Bertz CT molecular complexity index is 146. The van der Waals surface area contributed by atoms with Gasteiger partial charge in [-0.15, -0.1) is 0 Å². The Kier molecular flexibility index (Phi) is 8.89. The van der Waals surface area contributed by atoms with Gasteiger partial charge < -0.3 is 10.1 Å². The predicted octanol–water partition coefficient (Wildman–Crippen LogP) is 1.76. The standard InChI is InChI=1S/C11H23NO2/c1-4-8-14-9-11(13)6-5-7-12-10(2)3/h10,12H,4-9H2,1-3H3. The van der Waals surface area contributed by atoms with E-state index in [1.165, 1.54) is 0 Å². The first kappa shape index (κ1) is 13.6. The molecule has 0 heterocycles. The Labute approximate surface area is 87.2 Å². The van der Waals surface area contributed by atoms with E-state index in [0.29, 0.717) is 19.1 Å². The molecule has 0 atom stereocenters. The lowest BCUT2D eigenvalue weighted by Gasteiger charge is -2.07. The third-order valence-corrected chi connectivity index (χ3v) is 1.80. The highest BCUT2D eigenvalue weighted by molar-refractivity contribution is 5.79. The zero-order valence-electron chi connectivity index (χ0n) is 9.64. The summed E-state index contributed by atoms with van der Waals surface area (Å²) in [5.74, 6) is 0.212. The van der Waals surface area contributed by atoms with E-state index < -0.39 is 0 Å². The quantitative estimate of drug-likeness (QED) is 0.578. The van der Waals surface area contributed by atoms with Crippen molar-refractivity contribution in [2.45, 2.75) is 46.1 Å². The van der Waals surface area contributed by atoms with Crippen LogP contribution in [-0.2, 0) is 9.53 Å². The van der Waals surface area contributed by atoms with Gasteiger partial charge in [-0.3, -0.25) is 4.79 Å². The fourth-order valence-corrected chi connectivity index (χ4v) is 1.08. The molecule has 0 fully saturated rings. The van der Waals surface area contributed by atoms with Crippen LogP contribution in [0.3, 0.4) is 0 Å². The Morgan fingerprint density at radius 3 is 2.71 bits per heavy atom. The normalized spacial score (nSPS) is 10.9. The molecule has 0 amide bonds. The number of carbonyl (C=O) groups excluding carboxylic acids is 1. The molecule has 0 aliphatic heterocycles. The molecule has 1 N–H and O–H groups in total. The fourth-order valence-electron chi connectivity index (χ4n) is 1.08. The zero-order chi connectivity index (χ0) is 10.8. The maximum absolute atomic E-state index is 11.2. The first-order valence-corrected chi connectivity index (χ1v) is 5.49. The lowest BCUT2D eigenvalue weighted by Crippen LogP contribution is -2.24. The topological polar surface area (TPSA) is 38.3 Å². The number of nitrogens with one attached hydrogen (secondary N) is 1. The molecule has 0 aromatic carbocycles. The first-order valence-electron chi connectivity index (χ1n) is 5.49. The van der Waals surface area contributed by atoms with Crippen LogP contribution in [0.2, 0.25) is 0 Å². The van der Waals surface area contributed by atoms with Gasteiger partial charge in [-0.05, 0) is 19.4 Å². The van der Waals surface area contributed by atoms with Gasteiger partial charge >= 0.3 is 0 Å². The second-order valence-electron chi connectivity index (χ2n) is 3.80.